The van der Waals surface area contributed by atoms with Gasteiger partial charge in [0.1, 0.15) is 11.5 Å². The zero-order valence-corrected chi connectivity index (χ0v) is 12.8. The number of benzene rings is 2. The molecular formula is C15H13ClO4S. The Labute approximate surface area is 128 Å². The zero-order chi connectivity index (χ0) is 15.5. The number of sulfone groups is 1. The van der Waals surface area contributed by atoms with Gasteiger partial charge in [-0.2, -0.15) is 0 Å². The van der Waals surface area contributed by atoms with Crippen LogP contribution in [0.2, 0.25) is 5.02 Å². The summed E-state index contributed by atoms with van der Waals surface area (Å²) in [5.74, 6) is -0.772. The molecule has 0 bridgehead atoms. The Hall–Kier alpha value is -1.85. The van der Waals surface area contributed by atoms with Crippen molar-refractivity contribution in [3.05, 3.63) is 59.1 Å². The third-order valence-corrected chi connectivity index (χ3v) is 4.79. The fourth-order valence-corrected chi connectivity index (χ4v) is 3.19. The molecule has 0 aliphatic carbocycles. The van der Waals surface area contributed by atoms with Crippen molar-refractivity contribution >= 4 is 27.2 Å². The second kappa shape index (κ2) is 6.28. The van der Waals surface area contributed by atoms with Crippen molar-refractivity contribution in [3.8, 4) is 5.75 Å². The van der Waals surface area contributed by atoms with E-state index < -0.39 is 21.4 Å². The summed E-state index contributed by atoms with van der Waals surface area (Å²) in [4.78, 5) is 12.3. The third-order valence-electron chi connectivity index (χ3n) is 2.90. The first-order valence-corrected chi connectivity index (χ1v) is 8.11. The number of methoxy groups -OCH3 is 1. The first-order valence-electron chi connectivity index (χ1n) is 6.08. The van der Waals surface area contributed by atoms with Crippen LogP contribution in [0.1, 0.15) is 10.4 Å². The number of hydrogen-bond acceptors (Lipinski definition) is 4. The van der Waals surface area contributed by atoms with Gasteiger partial charge in [-0.15, -0.1) is 0 Å². The molecule has 2 rings (SSSR count). The molecule has 0 radical (unpaired) electrons. The number of ketones is 1. The Kier molecular flexibility index (Phi) is 4.65. The van der Waals surface area contributed by atoms with Gasteiger partial charge in [-0.1, -0.05) is 23.7 Å². The minimum Gasteiger partial charge on any atom is -0.496 e. The van der Waals surface area contributed by atoms with Crippen LogP contribution in [0, 0.1) is 0 Å². The van der Waals surface area contributed by atoms with Crippen LogP contribution in [0.5, 0.6) is 5.75 Å². The highest BCUT2D eigenvalue weighted by molar-refractivity contribution is 7.92. The minimum atomic E-state index is -3.71. The smallest absolute Gasteiger partial charge is 0.185 e. The lowest BCUT2D eigenvalue weighted by atomic mass is 10.1. The van der Waals surface area contributed by atoms with Crippen LogP contribution in [0.15, 0.2) is 53.4 Å². The fraction of sp³-hybridized carbons (Fsp3) is 0.133. The zero-order valence-electron chi connectivity index (χ0n) is 11.2. The third kappa shape index (κ3) is 3.62. The summed E-state index contributed by atoms with van der Waals surface area (Å²) in [7, 11) is -2.28. The fourth-order valence-electron chi connectivity index (χ4n) is 1.85. The predicted octanol–water partition coefficient (Wildman–Crippen LogP) is 3.01. The van der Waals surface area contributed by atoms with Gasteiger partial charge in [0.05, 0.1) is 17.6 Å². The maximum absolute atomic E-state index is 12.2. The Balaban J connectivity index is 2.28. The number of halogens is 1. The topological polar surface area (TPSA) is 60.4 Å². The number of Topliss-reactive ketones (excluding diaryl/α,β-unsaturated/α-hetero) is 1. The highest BCUT2D eigenvalue weighted by atomic mass is 35.5. The Morgan fingerprint density at radius 1 is 1.10 bits per heavy atom. The largest absolute Gasteiger partial charge is 0.496 e. The normalized spacial score (nSPS) is 11.1. The molecule has 21 heavy (non-hydrogen) atoms. The lowest BCUT2D eigenvalue weighted by Crippen LogP contribution is -2.17. The number of rotatable bonds is 5. The van der Waals surface area contributed by atoms with E-state index in [2.05, 4.69) is 0 Å². The van der Waals surface area contributed by atoms with E-state index in [0.717, 1.165) is 0 Å². The van der Waals surface area contributed by atoms with E-state index in [4.69, 9.17) is 16.3 Å². The summed E-state index contributed by atoms with van der Waals surface area (Å²) in [5, 5.41) is 0.435. The van der Waals surface area contributed by atoms with Gasteiger partial charge < -0.3 is 4.74 Å². The molecule has 0 heterocycles. The molecule has 0 spiro atoms. The molecule has 110 valence electrons. The highest BCUT2D eigenvalue weighted by Crippen LogP contribution is 2.21. The lowest BCUT2D eigenvalue weighted by molar-refractivity contribution is 0.101. The number of carbonyl (C=O) groups excluding carboxylic acids is 1. The van der Waals surface area contributed by atoms with Crippen molar-refractivity contribution in [2.75, 3.05) is 12.9 Å². The average molecular weight is 325 g/mol. The van der Waals surface area contributed by atoms with Gasteiger partial charge in [0.25, 0.3) is 0 Å². The molecule has 2 aromatic carbocycles. The van der Waals surface area contributed by atoms with Crippen LogP contribution in [0.3, 0.4) is 0 Å². The van der Waals surface area contributed by atoms with Gasteiger partial charge in [-0.05, 0) is 36.4 Å². The summed E-state index contributed by atoms with van der Waals surface area (Å²) >= 11 is 5.72. The van der Waals surface area contributed by atoms with Crippen molar-refractivity contribution in [3.63, 3.8) is 0 Å². The summed E-state index contributed by atoms with van der Waals surface area (Å²) in [5.41, 5.74) is 0.248. The molecular weight excluding hydrogens is 312 g/mol. The van der Waals surface area contributed by atoms with Gasteiger partial charge in [0.2, 0.25) is 0 Å². The van der Waals surface area contributed by atoms with E-state index in [1.807, 2.05) is 0 Å². The molecule has 2 aromatic rings. The first-order chi connectivity index (χ1) is 9.94. The number of carbonyl (C=O) groups is 1. The van der Waals surface area contributed by atoms with Crippen molar-refractivity contribution in [2.24, 2.45) is 0 Å². The maximum atomic E-state index is 12.2. The van der Waals surface area contributed by atoms with Gasteiger partial charge in [-0.3, -0.25) is 4.79 Å². The maximum Gasteiger partial charge on any atom is 0.185 e. The SMILES string of the molecule is COc1ccccc1C(=O)CS(=O)(=O)c1ccc(Cl)cc1. The quantitative estimate of drug-likeness (QED) is 0.793. The first kappa shape index (κ1) is 15.5. The average Bonchev–Trinajstić information content (AvgIpc) is 2.47. The second-order valence-corrected chi connectivity index (χ2v) is 6.76. The van der Waals surface area contributed by atoms with Crippen molar-refractivity contribution in [1.29, 1.82) is 0 Å². The van der Waals surface area contributed by atoms with E-state index in [1.54, 1.807) is 24.3 Å². The molecule has 0 aliphatic heterocycles. The molecule has 0 N–H and O–H groups in total. The monoisotopic (exact) mass is 324 g/mol. The van der Waals surface area contributed by atoms with E-state index in [1.165, 1.54) is 31.4 Å². The molecule has 4 nitrogen and oxygen atoms in total. The van der Waals surface area contributed by atoms with Gasteiger partial charge in [0.15, 0.2) is 15.6 Å². The Bertz CT molecular complexity index is 751. The summed E-state index contributed by atoms with van der Waals surface area (Å²) < 4.78 is 29.5. The van der Waals surface area contributed by atoms with Gasteiger partial charge in [-0.25, -0.2) is 8.42 Å². The van der Waals surface area contributed by atoms with Crippen LogP contribution in [0.4, 0.5) is 0 Å². The summed E-state index contributed by atoms with van der Waals surface area (Å²) in [6, 6.07) is 12.2. The van der Waals surface area contributed by atoms with Gasteiger partial charge >= 0.3 is 0 Å². The number of para-hydroxylation sites is 1. The standard InChI is InChI=1S/C15H13ClO4S/c1-20-15-5-3-2-4-13(15)14(17)10-21(18,19)12-8-6-11(16)7-9-12/h2-9H,10H2,1H3. The highest BCUT2D eigenvalue weighted by Gasteiger charge is 2.22. The molecule has 0 amide bonds. The predicted molar refractivity (Wildman–Crippen MR) is 80.8 cm³/mol. The number of ether oxygens (including phenoxy) is 1. The Morgan fingerprint density at radius 3 is 2.33 bits per heavy atom. The summed E-state index contributed by atoms with van der Waals surface area (Å²) in [6.45, 7) is 0. The molecule has 0 unspecified atom stereocenters. The van der Waals surface area contributed by atoms with Crippen LogP contribution in [-0.4, -0.2) is 27.1 Å². The number of hydrogen-bond donors (Lipinski definition) is 0. The minimum absolute atomic E-state index is 0.0650. The van der Waals surface area contributed by atoms with E-state index in [9.17, 15) is 13.2 Å². The summed E-state index contributed by atoms with van der Waals surface area (Å²) in [6.07, 6.45) is 0. The van der Waals surface area contributed by atoms with Crippen molar-refractivity contribution in [2.45, 2.75) is 4.90 Å². The molecule has 0 saturated heterocycles. The second-order valence-electron chi connectivity index (χ2n) is 4.34. The molecule has 0 aromatic heterocycles. The van der Waals surface area contributed by atoms with E-state index in [0.29, 0.717) is 10.8 Å². The van der Waals surface area contributed by atoms with Crippen LogP contribution in [-0.2, 0) is 9.84 Å². The molecule has 0 fully saturated rings. The van der Waals surface area contributed by atoms with Crippen LogP contribution in [0.25, 0.3) is 0 Å². The molecule has 0 saturated carbocycles. The van der Waals surface area contributed by atoms with Crippen molar-refractivity contribution < 1.29 is 17.9 Å². The molecule has 0 atom stereocenters. The lowest BCUT2D eigenvalue weighted by Gasteiger charge is -2.08. The van der Waals surface area contributed by atoms with E-state index >= 15 is 0 Å². The molecule has 6 heteroatoms. The Morgan fingerprint density at radius 2 is 1.71 bits per heavy atom. The van der Waals surface area contributed by atoms with Crippen LogP contribution >= 0.6 is 11.6 Å². The van der Waals surface area contributed by atoms with Crippen LogP contribution < -0.4 is 4.74 Å². The molecule has 0 aliphatic rings. The van der Waals surface area contributed by atoms with Gasteiger partial charge in [0, 0.05) is 5.02 Å². The van der Waals surface area contributed by atoms with E-state index in [-0.39, 0.29) is 10.5 Å². The van der Waals surface area contributed by atoms with Crippen molar-refractivity contribution in [1.82, 2.24) is 0 Å².